The molecule has 1 heterocycles. The van der Waals surface area contributed by atoms with Crippen LogP contribution in [0.3, 0.4) is 0 Å². The van der Waals surface area contributed by atoms with Crippen molar-refractivity contribution in [1.29, 1.82) is 0 Å². The van der Waals surface area contributed by atoms with Crippen LogP contribution in [0.1, 0.15) is 37.9 Å². The Balaban J connectivity index is 2.64. The molecule has 0 bridgehead atoms. The van der Waals surface area contributed by atoms with Gasteiger partial charge in [0.25, 0.3) is 0 Å². The maximum atomic E-state index is 5.76. The van der Waals surface area contributed by atoms with E-state index in [-0.39, 0.29) is 5.38 Å². The van der Waals surface area contributed by atoms with E-state index < -0.39 is 0 Å². The van der Waals surface area contributed by atoms with Gasteiger partial charge in [-0.25, -0.2) is 0 Å². The number of hydrogen-bond donors (Lipinski definition) is 0. The molecule has 0 N–H and O–H groups in total. The molecule has 4 heteroatoms. The second kappa shape index (κ2) is 3.90. The topological polar surface area (TPSA) is 38.9 Å². The van der Waals surface area contributed by atoms with Crippen molar-refractivity contribution in [3.8, 4) is 0 Å². The molecule has 1 aromatic heterocycles. The van der Waals surface area contributed by atoms with Gasteiger partial charge in [0, 0.05) is 6.42 Å². The highest BCUT2D eigenvalue weighted by Crippen LogP contribution is 2.18. The molecule has 3 nitrogen and oxygen atoms in total. The second-order valence-electron chi connectivity index (χ2n) is 3.25. The molecule has 0 amide bonds. The van der Waals surface area contributed by atoms with Gasteiger partial charge in [-0.2, -0.15) is 0 Å². The molecule has 0 aliphatic rings. The molecule has 1 atom stereocenters. The molecule has 0 radical (unpaired) electrons. The summed E-state index contributed by atoms with van der Waals surface area (Å²) in [7, 11) is 0. The van der Waals surface area contributed by atoms with Crippen molar-refractivity contribution in [2.75, 3.05) is 0 Å². The summed E-state index contributed by atoms with van der Waals surface area (Å²) in [5, 5.41) is 7.50. The summed E-state index contributed by atoms with van der Waals surface area (Å²) < 4.78 is 5.30. The first-order valence-corrected chi connectivity index (χ1v) is 4.49. The minimum atomic E-state index is -0.196. The van der Waals surface area contributed by atoms with Crippen molar-refractivity contribution in [2.45, 2.75) is 32.6 Å². The average Bonchev–Trinajstić information content (AvgIpc) is 2.34. The first-order chi connectivity index (χ1) is 5.59. The summed E-state index contributed by atoms with van der Waals surface area (Å²) in [4.78, 5) is 0. The average molecular weight is 189 g/mol. The van der Waals surface area contributed by atoms with Gasteiger partial charge in [-0.05, 0) is 12.8 Å². The Labute approximate surface area is 77.1 Å². The van der Waals surface area contributed by atoms with Gasteiger partial charge >= 0.3 is 0 Å². The van der Waals surface area contributed by atoms with Crippen molar-refractivity contribution in [2.24, 2.45) is 5.92 Å². The zero-order chi connectivity index (χ0) is 9.14. The lowest BCUT2D eigenvalue weighted by atomic mass is 10.1. The van der Waals surface area contributed by atoms with Gasteiger partial charge in [0.2, 0.25) is 11.8 Å². The molecule has 0 aliphatic heterocycles. The van der Waals surface area contributed by atoms with Crippen LogP contribution in [0.5, 0.6) is 0 Å². The van der Waals surface area contributed by atoms with Gasteiger partial charge in [0.15, 0.2) is 0 Å². The largest absolute Gasteiger partial charge is 0.424 e. The van der Waals surface area contributed by atoms with Crippen LogP contribution in [0.15, 0.2) is 4.42 Å². The predicted octanol–water partition coefficient (Wildman–Crippen LogP) is 2.57. The van der Waals surface area contributed by atoms with E-state index in [0.717, 1.165) is 6.42 Å². The van der Waals surface area contributed by atoms with Gasteiger partial charge in [-0.1, -0.05) is 13.8 Å². The summed E-state index contributed by atoms with van der Waals surface area (Å²) in [6, 6.07) is 0. The van der Waals surface area contributed by atoms with E-state index in [2.05, 4.69) is 24.0 Å². The Morgan fingerprint density at radius 2 is 2.00 bits per heavy atom. The highest BCUT2D eigenvalue weighted by atomic mass is 35.5. The van der Waals surface area contributed by atoms with Crippen molar-refractivity contribution in [1.82, 2.24) is 10.2 Å². The first kappa shape index (κ1) is 9.52. The minimum Gasteiger partial charge on any atom is -0.424 e. The van der Waals surface area contributed by atoms with Crippen LogP contribution in [-0.2, 0) is 6.42 Å². The van der Waals surface area contributed by atoms with E-state index in [9.17, 15) is 0 Å². The minimum absolute atomic E-state index is 0.196. The van der Waals surface area contributed by atoms with Crippen LogP contribution in [0, 0.1) is 5.92 Å². The number of rotatable bonds is 3. The third-order valence-corrected chi connectivity index (χ3v) is 1.59. The number of hydrogen-bond acceptors (Lipinski definition) is 3. The second-order valence-corrected chi connectivity index (χ2v) is 3.90. The van der Waals surface area contributed by atoms with E-state index in [4.69, 9.17) is 16.0 Å². The third-order valence-electron chi connectivity index (χ3n) is 1.41. The molecule has 68 valence electrons. The Bertz CT molecular complexity index is 245. The zero-order valence-corrected chi connectivity index (χ0v) is 8.30. The van der Waals surface area contributed by atoms with Crippen LogP contribution in [0.4, 0.5) is 0 Å². The molecular formula is C8H13ClN2O. The molecule has 0 saturated heterocycles. The first-order valence-electron chi connectivity index (χ1n) is 4.06. The van der Waals surface area contributed by atoms with Crippen molar-refractivity contribution in [3.63, 3.8) is 0 Å². The highest BCUT2D eigenvalue weighted by molar-refractivity contribution is 6.20. The summed E-state index contributed by atoms with van der Waals surface area (Å²) in [6.07, 6.45) is 0.816. The monoisotopic (exact) mass is 188 g/mol. The van der Waals surface area contributed by atoms with Crippen molar-refractivity contribution >= 4 is 11.6 Å². The number of aromatic nitrogens is 2. The number of alkyl halides is 1. The number of halogens is 1. The van der Waals surface area contributed by atoms with E-state index in [1.807, 2.05) is 6.92 Å². The van der Waals surface area contributed by atoms with Gasteiger partial charge < -0.3 is 4.42 Å². The molecule has 0 unspecified atom stereocenters. The summed E-state index contributed by atoms with van der Waals surface area (Å²) in [5.74, 6) is 1.71. The van der Waals surface area contributed by atoms with E-state index in [0.29, 0.717) is 17.7 Å². The van der Waals surface area contributed by atoms with Crippen LogP contribution < -0.4 is 0 Å². The maximum Gasteiger partial charge on any atom is 0.234 e. The predicted molar refractivity (Wildman–Crippen MR) is 47.1 cm³/mol. The standard InChI is InChI=1S/C8H13ClN2O/c1-5(2)4-7-10-11-8(12-7)6(3)9/h5-6H,4H2,1-3H3/t6-/m0/s1. The SMILES string of the molecule is CC(C)Cc1nnc([C@H](C)Cl)o1. The fraction of sp³-hybridized carbons (Fsp3) is 0.750. The molecule has 0 spiro atoms. The molecule has 0 aromatic carbocycles. The van der Waals surface area contributed by atoms with Crippen molar-refractivity contribution in [3.05, 3.63) is 11.8 Å². The molecule has 0 aliphatic carbocycles. The fourth-order valence-electron chi connectivity index (χ4n) is 0.859. The fourth-order valence-corrected chi connectivity index (χ4v) is 0.947. The van der Waals surface area contributed by atoms with Crippen LogP contribution in [0.25, 0.3) is 0 Å². The van der Waals surface area contributed by atoms with Crippen molar-refractivity contribution < 1.29 is 4.42 Å². The maximum absolute atomic E-state index is 5.76. The molecule has 1 aromatic rings. The molecular weight excluding hydrogens is 176 g/mol. The lowest BCUT2D eigenvalue weighted by Crippen LogP contribution is -1.93. The quantitative estimate of drug-likeness (QED) is 0.685. The molecule has 0 fully saturated rings. The number of nitrogens with zero attached hydrogens (tertiary/aromatic N) is 2. The Kier molecular flexibility index (Phi) is 3.09. The van der Waals surface area contributed by atoms with Gasteiger partial charge in [-0.3, -0.25) is 0 Å². The third kappa shape index (κ3) is 2.48. The molecule has 12 heavy (non-hydrogen) atoms. The van der Waals surface area contributed by atoms with E-state index in [1.165, 1.54) is 0 Å². The van der Waals surface area contributed by atoms with Gasteiger partial charge in [-0.15, -0.1) is 21.8 Å². The van der Waals surface area contributed by atoms with Gasteiger partial charge in [0.05, 0.1) is 0 Å². The molecule has 1 rings (SSSR count). The lowest BCUT2D eigenvalue weighted by Gasteiger charge is -1.97. The zero-order valence-electron chi connectivity index (χ0n) is 7.54. The van der Waals surface area contributed by atoms with Crippen LogP contribution >= 0.6 is 11.6 Å². The Morgan fingerprint density at radius 1 is 1.33 bits per heavy atom. The Morgan fingerprint density at radius 3 is 2.42 bits per heavy atom. The van der Waals surface area contributed by atoms with Crippen LogP contribution in [0.2, 0.25) is 0 Å². The highest BCUT2D eigenvalue weighted by Gasteiger charge is 2.11. The summed E-state index contributed by atoms with van der Waals surface area (Å²) in [6.45, 7) is 6.02. The summed E-state index contributed by atoms with van der Waals surface area (Å²) >= 11 is 5.76. The smallest absolute Gasteiger partial charge is 0.234 e. The summed E-state index contributed by atoms with van der Waals surface area (Å²) in [5.41, 5.74) is 0. The van der Waals surface area contributed by atoms with Crippen LogP contribution in [-0.4, -0.2) is 10.2 Å². The normalized spacial score (nSPS) is 13.8. The van der Waals surface area contributed by atoms with E-state index >= 15 is 0 Å². The lowest BCUT2D eigenvalue weighted by molar-refractivity contribution is 0.425. The van der Waals surface area contributed by atoms with E-state index in [1.54, 1.807) is 0 Å². The Hall–Kier alpha value is -0.570. The van der Waals surface area contributed by atoms with Gasteiger partial charge in [0.1, 0.15) is 5.38 Å². The molecule has 0 saturated carbocycles.